The highest BCUT2D eigenvalue weighted by Gasteiger charge is 2.32. The first-order valence-corrected chi connectivity index (χ1v) is 10.4. The molecule has 3 atom stereocenters. The summed E-state index contributed by atoms with van der Waals surface area (Å²) in [6, 6.07) is 8.28. The first kappa shape index (κ1) is 17.6. The van der Waals surface area contributed by atoms with Gasteiger partial charge in [-0.2, -0.15) is 0 Å². The van der Waals surface area contributed by atoms with Gasteiger partial charge in [0, 0.05) is 24.7 Å². The Morgan fingerprint density at radius 1 is 1.00 bits per heavy atom. The van der Waals surface area contributed by atoms with Crippen molar-refractivity contribution in [2.45, 2.75) is 70.3 Å². The lowest BCUT2D eigenvalue weighted by Gasteiger charge is -2.39. The van der Waals surface area contributed by atoms with E-state index in [9.17, 15) is 9.59 Å². The zero-order valence-electron chi connectivity index (χ0n) is 15.6. The van der Waals surface area contributed by atoms with E-state index in [1.54, 1.807) is 0 Å². The van der Waals surface area contributed by atoms with Gasteiger partial charge in [0.15, 0.2) is 0 Å². The average molecular weight is 354 g/mol. The van der Waals surface area contributed by atoms with Crippen LogP contribution in [0.15, 0.2) is 24.3 Å². The van der Waals surface area contributed by atoms with Crippen LogP contribution in [0.2, 0.25) is 0 Å². The van der Waals surface area contributed by atoms with Gasteiger partial charge < -0.3 is 10.2 Å². The van der Waals surface area contributed by atoms with E-state index in [4.69, 9.17) is 0 Å². The van der Waals surface area contributed by atoms with Crippen LogP contribution >= 0.6 is 0 Å². The number of nitrogens with one attached hydrogen (secondary N) is 1. The minimum Gasteiger partial charge on any atom is -0.353 e. The lowest BCUT2D eigenvalue weighted by Crippen LogP contribution is -2.42. The average Bonchev–Trinajstić information content (AvgIpc) is 3.08. The fourth-order valence-electron chi connectivity index (χ4n) is 5.18. The molecule has 4 nitrogen and oxygen atoms in total. The maximum Gasteiger partial charge on any atom is 0.227 e. The fraction of sp³-hybridized carbons (Fsp3) is 0.636. The number of anilines is 1. The number of fused-ring (bicyclic) bond motifs is 1. The van der Waals surface area contributed by atoms with Crippen molar-refractivity contribution in [3.05, 3.63) is 29.8 Å². The minimum atomic E-state index is 0.134. The van der Waals surface area contributed by atoms with Crippen molar-refractivity contribution in [1.82, 2.24) is 5.32 Å². The van der Waals surface area contributed by atoms with E-state index < -0.39 is 0 Å². The summed E-state index contributed by atoms with van der Waals surface area (Å²) in [4.78, 5) is 26.1. The molecule has 2 saturated carbocycles. The standard InChI is InChI=1S/C22H30N2O2/c25-21(23-19-10-9-17-4-1-2-5-18(17)15-19)14-16-7-11-20(12-8-16)24-13-3-6-22(24)26/h7-8,11-12,17-19H,1-6,9-10,13-15H2,(H,23,25)/t17-,18+,19+/m0/s1. The van der Waals surface area contributed by atoms with E-state index in [0.29, 0.717) is 18.9 Å². The predicted molar refractivity (Wildman–Crippen MR) is 103 cm³/mol. The third-order valence-corrected chi connectivity index (χ3v) is 6.59. The second-order valence-electron chi connectivity index (χ2n) is 8.37. The molecule has 3 aliphatic rings. The maximum absolute atomic E-state index is 12.5. The van der Waals surface area contributed by atoms with E-state index in [1.165, 1.54) is 38.5 Å². The normalized spacial score (nSPS) is 28.7. The molecule has 4 rings (SSSR count). The highest BCUT2D eigenvalue weighted by molar-refractivity contribution is 5.95. The summed E-state index contributed by atoms with van der Waals surface area (Å²) in [6.07, 6.45) is 11.1. The fourth-order valence-corrected chi connectivity index (χ4v) is 5.18. The van der Waals surface area contributed by atoms with Gasteiger partial charge in [-0.3, -0.25) is 9.59 Å². The number of rotatable bonds is 4. The highest BCUT2D eigenvalue weighted by atomic mass is 16.2. The molecule has 1 N–H and O–H groups in total. The maximum atomic E-state index is 12.5. The molecular weight excluding hydrogens is 324 g/mol. The Kier molecular flexibility index (Phi) is 5.28. The Balaban J connectivity index is 1.28. The zero-order chi connectivity index (χ0) is 17.9. The van der Waals surface area contributed by atoms with Gasteiger partial charge in [0.25, 0.3) is 0 Å². The van der Waals surface area contributed by atoms with Gasteiger partial charge in [-0.25, -0.2) is 0 Å². The van der Waals surface area contributed by atoms with E-state index in [2.05, 4.69) is 5.32 Å². The Bertz CT molecular complexity index is 655. The minimum absolute atomic E-state index is 0.134. The van der Waals surface area contributed by atoms with Gasteiger partial charge in [-0.15, -0.1) is 0 Å². The van der Waals surface area contributed by atoms with E-state index in [0.717, 1.165) is 42.5 Å². The molecule has 0 unspecified atom stereocenters. The molecular formula is C22H30N2O2. The van der Waals surface area contributed by atoms with Crippen LogP contribution in [-0.4, -0.2) is 24.4 Å². The van der Waals surface area contributed by atoms with Gasteiger partial charge in [0.2, 0.25) is 11.8 Å². The Morgan fingerprint density at radius 3 is 2.50 bits per heavy atom. The first-order valence-electron chi connectivity index (χ1n) is 10.4. The third kappa shape index (κ3) is 3.94. The number of nitrogens with zero attached hydrogens (tertiary/aromatic N) is 1. The molecule has 26 heavy (non-hydrogen) atoms. The van der Waals surface area contributed by atoms with Crippen LogP contribution in [0.3, 0.4) is 0 Å². The molecule has 1 aliphatic heterocycles. The SMILES string of the molecule is O=C(Cc1ccc(N2CCCC2=O)cc1)N[C@@H]1CC[C@@H]2CCCC[C@@H]2C1. The number of carbonyl (C=O) groups is 2. The third-order valence-electron chi connectivity index (χ3n) is 6.59. The molecule has 1 aromatic carbocycles. The molecule has 3 fully saturated rings. The monoisotopic (exact) mass is 354 g/mol. The van der Waals surface area contributed by atoms with Crippen LogP contribution in [0.1, 0.15) is 63.4 Å². The molecule has 0 bridgehead atoms. The summed E-state index contributed by atoms with van der Waals surface area (Å²) < 4.78 is 0. The van der Waals surface area contributed by atoms with E-state index in [-0.39, 0.29) is 11.8 Å². The van der Waals surface area contributed by atoms with Crippen LogP contribution in [0, 0.1) is 11.8 Å². The van der Waals surface area contributed by atoms with E-state index in [1.807, 2.05) is 29.2 Å². The number of amides is 2. The smallest absolute Gasteiger partial charge is 0.227 e. The molecule has 0 radical (unpaired) electrons. The summed E-state index contributed by atoms with van der Waals surface area (Å²) in [5.74, 6) is 2.08. The van der Waals surface area contributed by atoms with Gasteiger partial charge in [-0.05, 0) is 55.2 Å². The van der Waals surface area contributed by atoms with Crippen molar-refractivity contribution in [1.29, 1.82) is 0 Å². The Hall–Kier alpha value is -1.84. The number of benzene rings is 1. The molecule has 4 heteroatoms. The largest absolute Gasteiger partial charge is 0.353 e. The van der Waals surface area contributed by atoms with Gasteiger partial charge >= 0.3 is 0 Å². The van der Waals surface area contributed by atoms with Gasteiger partial charge in [0.1, 0.15) is 0 Å². The quantitative estimate of drug-likeness (QED) is 0.893. The van der Waals surface area contributed by atoms with Crippen LogP contribution < -0.4 is 10.2 Å². The van der Waals surface area contributed by atoms with Crippen molar-refractivity contribution < 1.29 is 9.59 Å². The molecule has 1 heterocycles. The molecule has 140 valence electrons. The molecule has 1 saturated heterocycles. The molecule has 0 spiro atoms. The number of hydrogen-bond donors (Lipinski definition) is 1. The summed E-state index contributed by atoms with van der Waals surface area (Å²) in [6.45, 7) is 0.808. The Labute approximate surface area is 156 Å². The summed E-state index contributed by atoms with van der Waals surface area (Å²) in [5.41, 5.74) is 1.97. The summed E-state index contributed by atoms with van der Waals surface area (Å²) in [7, 11) is 0. The van der Waals surface area contributed by atoms with Crippen LogP contribution in [0.25, 0.3) is 0 Å². The second kappa shape index (κ2) is 7.81. The van der Waals surface area contributed by atoms with Crippen molar-refractivity contribution in [2.75, 3.05) is 11.4 Å². The topological polar surface area (TPSA) is 49.4 Å². The van der Waals surface area contributed by atoms with Crippen LogP contribution in [-0.2, 0) is 16.0 Å². The van der Waals surface area contributed by atoms with Gasteiger partial charge in [-0.1, -0.05) is 37.8 Å². The van der Waals surface area contributed by atoms with Crippen LogP contribution in [0.4, 0.5) is 5.69 Å². The number of hydrogen-bond acceptors (Lipinski definition) is 2. The van der Waals surface area contributed by atoms with E-state index >= 15 is 0 Å². The molecule has 2 amide bonds. The van der Waals surface area contributed by atoms with Crippen molar-refractivity contribution in [3.8, 4) is 0 Å². The van der Waals surface area contributed by atoms with Crippen LogP contribution in [0.5, 0.6) is 0 Å². The summed E-state index contributed by atoms with van der Waals surface area (Å²) in [5, 5.41) is 3.27. The molecule has 0 aromatic heterocycles. The first-order chi connectivity index (χ1) is 12.7. The number of carbonyl (C=O) groups excluding carboxylic acids is 2. The zero-order valence-corrected chi connectivity index (χ0v) is 15.6. The lowest BCUT2D eigenvalue weighted by molar-refractivity contribution is -0.121. The van der Waals surface area contributed by atoms with Crippen molar-refractivity contribution >= 4 is 17.5 Å². The lowest BCUT2D eigenvalue weighted by atomic mass is 9.69. The van der Waals surface area contributed by atoms with Gasteiger partial charge in [0.05, 0.1) is 6.42 Å². The predicted octanol–water partition coefficient (Wildman–Crippen LogP) is 3.83. The van der Waals surface area contributed by atoms with Crippen molar-refractivity contribution in [2.24, 2.45) is 11.8 Å². The van der Waals surface area contributed by atoms with Crippen molar-refractivity contribution in [3.63, 3.8) is 0 Å². The molecule has 1 aromatic rings. The summed E-state index contributed by atoms with van der Waals surface area (Å²) >= 11 is 0. The Morgan fingerprint density at radius 2 is 1.77 bits per heavy atom. The molecule has 2 aliphatic carbocycles. The highest BCUT2D eigenvalue weighted by Crippen LogP contribution is 2.40. The second-order valence-corrected chi connectivity index (χ2v) is 8.37.